The number of hydrogen-bond donors (Lipinski definition) is 1. The van der Waals surface area contributed by atoms with Crippen molar-refractivity contribution in [2.75, 3.05) is 18.4 Å². The molecule has 1 aliphatic rings. The fourth-order valence-corrected chi connectivity index (χ4v) is 7.10. The minimum absolute atomic E-state index is 0.00144. The molecule has 0 radical (unpaired) electrons. The summed E-state index contributed by atoms with van der Waals surface area (Å²) >= 11 is -3.10. The molecule has 0 saturated carbocycles. The quantitative estimate of drug-likeness (QED) is 0.628. The number of carbonyl (C=O) groups is 1. The van der Waals surface area contributed by atoms with Crippen molar-refractivity contribution < 1.29 is 22.7 Å². The molecule has 2 rings (SSSR count). The second-order valence-corrected chi connectivity index (χ2v) is 23.3. The number of nitrogens with one attached hydrogen (secondary N) is 1. The predicted molar refractivity (Wildman–Crippen MR) is 104 cm³/mol. The van der Waals surface area contributed by atoms with Crippen LogP contribution in [0.3, 0.4) is 0 Å². The van der Waals surface area contributed by atoms with Crippen LogP contribution in [0.1, 0.15) is 39.2 Å². The van der Waals surface area contributed by atoms with Crippen LogP contribution in [0.25, 0.3) is 0 Å². The fourth-order valence-electron chi connectivity index (χ4n) is 2.95. The molecule has 0 spiro atoms. The molecule has 0 aliphatic carbocycles. The summed E-state index contributed by atoms with van der Waals surface area (Å²) in [5.74, 6) is 0.227. The maximum atomic E-state index is 13.3. The van der Waals surface area contributed by atoms with Gasteiger partial charge in [-0.3, -0.25) is 0 Å². The van der Waals surface area contributed by atoms with Crippen LogP contribution in [0.4, 0.5) is 23.9 Å². The van der Waals surface area contributed by atoms with E-state index in [1.165, 1.54) is 0 Å². The first-order valence-electron chi connectivity index (χ1n) is 9.36. The molecule has 0 bridgehead atoms. The number of piperidine rings is 1. The number of anilines is 1. The summed E-state index contributed by atoms with van der Waals surface area (Å²) in [5, 5.41) is 3.14. The summed E-state index contributed by atoms with van der Waals surface area (Å²) < 4.78 is 45.4. The molecule has 0 unspecified atom stereocenters. The van der Waals surface area contributed by atoms with Crippen molar-refractivity contribution in [2.45, 2.75) is 66.3 Å². The fraction of sp³-hybridized carbons (Fsp3) is 0.722. The summed E-state index contributed by atoms with van der Waals surface area (Å²) in [6.07, 6.45) is -2.60. The zero-order valence-corrected chi connectivity index (χ0v) is 20.1. The van der Waals surface area contributed by atoms with Crippen LogP contribution < -0.4 is 9.03 Å². The molecule has 1 amide bonds. The third kappa shape index (κ3) is 6.38. The molecule has 6 nitrogen and oxygen atoms in total. The number of aromatic nitrogens is 2. The van der Waals surface area contributed by atoms with Crippen LogP contribution in [0.15, 0.2) is 6.20 Å². The number of alkyl halides is 3. The van der Waals surface area contributed by atoms with Crippen molar-refractivity contribution in [3.05, 3.63) is 11.8 Å². The predicted octanol–water partition coefficient (Wildman–Crippen LogP) is 3.85. The van der Waals surface area contributed by atoms with E-state index in [2.05, 4.69) is 15.3 Å². The summed E-state index contributed by atoms with van der Waals surface area (Å²) in [6.45, 7) is 6.48. The molecule has 0 atom stereocenters. The number of nitrogens with zero attached hydrogens (tertiary/aromatic N) is 3. The molecular formula is C18H29F3N4O2Sn. The van der Waals surface area contributed by atoms with Gasteiger partial charge in [-0.15, -0.1) is 0 Å². The van der Waals surface area contributed by atoms with Gasteiger partial charge in [0.15, 0.2) is 0 Å². The number of rotatable bonds is 3. The minimum atomic E-state index is -4.45. The first-order chi connectivity index (χ1) is 12.7. The van der Waals surface area contributed by atoms with Gasteiger partial charge in [0.1, 0.15) is 0 Å². The molecule has 1 N–H and O–H groups in total. The zero-order valence-electron chi connectivity index (χ0n) is 17.3. The second-order valence-electron chi connectivity index (χ2n) is 9.09. The molecular weight excluding hydrogens is 480 g/mol. The van der Waals surface area contributed by atoms with E-state index in [-0.39, 0.29) is 21.8 Å². The van der Waals surface area contributed by atoms with Gasteiger partial charge in [0.25, 0.3) is 0 Å². The van der Waals surface area contributed by atoms with Gasteiger partial charge < -0.3 is 0 Å². The topological polar surface area (TPSA) is 67.3 Å². The summed E-state index contributed by atoms with van der Waals surface area (Å²) in [5.41, 5.74) is -1.27. The van der Waals surface area contributed by atoms with E-state index in [0.717, 1.165) is 6.20 Å². The van der Waals surface area contributed by atoms with Crippen LogP contribution in [0, 0.1) is 0 Å². The van der Waals surface area contributed by atoms with E-state index in [1.54, 1.807) is 4.90 Å². The summed E-state index contributed by atoms with van der Waals surface area (Å²) in [6, 6.07) is -0.00144. The number of ether oxygens (including phenoxy) is 1. The second kappa shape index (κ2) is 8.23. The van der Waals surface area contributed by atoms with Crippen LogP contribution >= 0.6 is 0 Å². The zero-order chi connectivity index (χ0) is 21.3. The van der Waals surface area contributed by atoms with E-state index >= 15 is 0 Å². The van der Waals surface area contributed by atoms with Crippen molar-refractivity contribution in [3.63, 3.8) is 0 Å². The molecule has 28 heavy (non-hydrogen) atoms. The van der Waals surface area contributed by atoms with Crippen molar-refractivity contribution in [1.29, 1.82) is 0 Å². The molecule has 1 aromatic rings. The molecule has 0 aromatic carbocycles. The Morgan fingerprint density at radius 3 is 2.25 bits per heavy atom. The Morgan fingerprint density at radius 1 is 1.21 bits per heavy atom. The van der Waals surface area contributed by atoms with Gasteiger partial charge in [-0.05, 0) is 0 Å². The molecule has 1 fully saturated rings. The van der Waals surface area contributed by atoms with E-state index in [0.29, 0.717) is 25.9 Å². The Labute approximate surface area is 168 Å². The third-order valence-electron chi connectivity index (χ3n) is 4.28. The maximum absolute atomic E-state index is 13.3. The standard InChI is InChI=1S/C15H20F3N4O2.3CH3.Sn/c1-14(2,3)24-13(23)22-6-4-11(5-7-22)21-12-19-8-10(9-20-12)15(16,17)18;;;;/h8,11H,4-7H2,1-3H3,(H,19,20,21);3*1H3;. The molecule has 1 aromatic heterocycles. The van der Waals surface area contributed by atoms with Gasteiger partial charge in [-0.2, -0.15) is 0 Å². The average Bonchev–Trinajstić information content (AvgIpc) is 2.52. The molecule has 1 aliphatic heterocycles. The van der Waals surface area contributed by atoms with Gasteiger partial charge in [0.2, 0.25) is 0 Å². The van der Waals surface area contributed by atoms with Gasteiger partial charge in [0, 0.05) is 0 Å². The SMILES string of the molecule is CC(C)(C)OC(=O)N1CCC(Nc2ncc(C(F)(F)F)[c]([Sn]([CH3])([CH3])[CH3])n2)CC1. The van der Waals surface area contributed by atoms with Crippen LogP contribution in [0.5, 0.6) is 0 Å². The van der Waals surface area contributed by atoms with Crippen molar-refractivity contribution in [1.82, 2.24) is 14.9 Å². The van der Waals surface area contributed by atoms with E-state index in [1.807, 2.05) is 35.6 Å². The molecule has 158 valence electrons. The number of halogens is 3. The van der Waals surface area contributed by atoms with Gasteiger partial charge in [-0.25, -0.2) is 0 Å². The first-order valence-corrected chi connectivity index (χ1v) is 19.3. The van der Waals surface area contributed by atoms with Crippen molar-refractivity contribution >= 4 is 34.1 Å². The van der Waals surface area contributed by atoms with E-state index in [9.17, 15) is 18.0 Å². The Morgan fingerprint density at radius 2 is 1.79 bits per heavy atom. The van der Waals surface area contributed by atoms with Gasteiger partial charge >= 0.3 is 168 Å². The van der Waals surface area contributed by atoms with Gasteiger partial charge in [-0.1, -0.05) is 0 Å². The Balaban J connectivity index is 2.05. The normalized spacial score (nSPS) is 16.8. The van der Waals surface area contributed by atoms with Crippen LogP contribution in [-0.2, 0) is 10.9 Å². The summed E-state index contributed by atoms with van der Waals surface area (Å²) in [4.78, 5) is 27.6. The van der Waals surface area contributed by atoms with E-state index < -0.39 is 35.7 Å². The number of likely N-dealkylation sites (tertiary alicyclic amines) is 1. The van der Waals surface area contributed by atoms with Crippen LogP contribution in [-0.4, -0.2) is 64.1 Å². The van der Waals surface area contributed by atoms with Crippen LogP contribution in [0.2, 0.25) is 14.8 Å². The Hall–Kier alpha value is -1.26. The number of amides is 1. The third-order valence-corrected chi connectivity index (χ3v) is 9.43. The van der Waals surface area contributed by atoms with Crippen molar-refractivity contribution in [3.8, 4) is 0 Å². The molecule has 10 heteroatoms. The Kier molecular flexibility index (Phi) is 6.77. The molecule has 1 saturated heterocycles. The molecule has 2 heterocycles. The number of hydrogen-bond acceptors (Lipinski definition) is 5. The number of carbonyl (C=O) groups excluding carboxylic acids is 1. The van der Waals surface area contributed by atoms with E-state index in [4.69, 9.17) is 4.74 Å². The van der Waals surface area contributed by atoms with Crippen molar-refractivity contribution in [2.24, 2.45) is 0 Å². The average molecular weight is 509 g/mol. The van der Waals surface area contributed by atoms with Gasteiger partial charge in [0.05, 0.1) is 0 Å². The first kappa shape index (κ1) is 23.0. The summed E-state index contributed by atoms with van der Waals surface area (Å²) in [7, 11) is 0. The monoisotopic (exact) mass is 510 g/mol. The Bertz CT molecular complexity index is 706.